The second kappa shape index (κ2) is 7.05. The fourth-order valence-electron chi connectivity index (χ4n) is 2.13. The van der Waals surface area contributed by atoms with Crippen LogP contribution < -0.4 is 5.32 Å². The van der Waals surface area contributed by atoms with Crippen LogP contribution in [0.25, 0.3) is 0 Å². The monoisotopic (exact) mass is 241 g/mol. The molecule has 0 aliphatic heterocycles. The fraction of sp³-hybridized carbons (Fsp3) is 0.692. The first-order valence-corrected chi connectivity index (χ1v) is 6.90. The highest BCUT2D eigenvalue weighted by Crippen LogP contribution is 2.16. The summed E-state index contributed by atoms with van der Waals surface area (Å²) in [7, 11) is 1.81. The maximum atomic E-state index is 5.62. The van der Waals surface area contributed by atoms with Crippen LogP contribution in [0, 0.1) is 5.92 Å². The second-order valence-electron chi connectivity index (χ2n) is 4.44. The van der Waals surface area contributed by atoms with E-state index in [0.717, 1.165) is 13.0 Å². The van der Waals surface area contributed by atoms with Crippen molar-refractivity contribution in [3.63, 3.8) is 0 Å². The van der Waals surface area contributed by atoms with Crippen molar-refractivity contribution in [1.29, 1.82) is 0 Å². The van der Waals surface area contributed by atoms with Gasteiger partial charge in [0.2, 0.25) is 0 Å². The van der Waals surface area contributed by atoms with Gasteiger partial charge < -0.3 is 10.1 Å². The molecule has 0 aliphatic rings. The lowest BCUT2D eigenvalue weighted by atomic mass is 9.95. The van der Waals surface area contributed by atoms with Crippen LogP contribution in [-0.4, -0.2) is 25.8 Å². The molecular weight excluding hydrogens is 218 g/mol. The third-order valence-corrected chi connectivity index (χ3v) is 3.56. The van der Waals surface area contributed by atoms with Gasteiger partial charge >= 0.3 is 0 Å². The largest absolute Gasteiger partial charge is 0.380 e. The van der Waals surface area contributed by atoms with Gasteiger partial charge in [0.05, 0.1) is 6.10 Å². The van der Waals surface area contributed by atoms with Crippen molar-refractivity contribution >= 4 is 11.3 Å². The quantitative estimate of drug-likeness (QED) is 0.792. The van der Waals surface area contributed by atoms with E-state index in [0.29, 0.717) is 12.0 Å². The number of likely N-dealkylation sites (N-methyl/N-ethyl adjacent to an activating group) is 1. The third-order valence-electron chi connectivity index (χ3n) is 2.83. The van der Waals surface area contributed by atoms with Gasteiger partial charge in [0, 0.05) is 13.2 Å². The summed E-state index contributed by atoms with van der Waals surface area (Å²) in [6.45, 7) is 7.56. The summed E-state index contributed by atoms with van der Waals surface area (Å²) in [4.78, 5) is 0. The van der Waals surface area contributed by atoms with Crippen LogP contribution in [0.2, 0.25) is 0 Å². The van der Waals surface area contributed by atoms with Crippen molar-refractivity contribution in [2.45, 2.75) is 39.3 Å². The number of nitrogens with one attached hydrogen (secondary N) is 1. The van der Waals surface area contributed by atoms with Crippen molar-refractivity contribution < 1.29 is 4.74 Å². The Bertz CT molecular complexity index is 271. The van der Waals surface area contributed by atoms with Gasteiger partial charge in [0.1, 0.15) is 0 Å². The summed E-state index contributed by atoms with van der Waals surface area (Å²) in [5.74, 6) is 0.535. The van der Waals surface area contributed by atoms with E-state index in [1.165, 1.54) is 5.56 Å². The maximum absolute atomic E-state index is 5.62. The average molecular weight is 241 g/mol. The van der Waals surface area contributed by atoms with E-state index in [4.69, 9.17) is 4.74 Å². The molecule has 2 atom stereocenters. The molecule has 0 fully saturated rings. The summed E-state index contributed by atoms with van der Waals surface area (Å²) in [5.41, 5.74) is 1.40. The van der Waals surface area contributed by atoms with E-state index in [1.54, 1.807) is 11.3 Å². The van der Waals surface area contributed by atoms with Gasteiger partial charge in [-0.3, -0.25) is 0 Å². The van der Waals surface area contributed by atoms with Crippen LogP contribution in [0.3, 0.4) is 0 Å². The predicted molar refractivity (Wildman–Crippen MR) is 71.1 cm³/mol. The van der Waals surface area contributed by atoms with E-state index in [1.807, 2.05) is 7.11 Å². The van der Waals surface area contributed by atoms with Crippen LogP contribution in [0.1, 0.15) is 26.3 Å². The molecule has 0 radical (unpaired) electrons. The normalized spacial score (nSPS) is 15.3. The van der Waals surface area contributed by atoms with Crippen molar-refractivity contribution in [2.75, 3.05) is 13.7 Å². The van der Waals surface area contributed by atoms with E-state index in [9.17, 15) is 0 Å². The topological polar surface area (TPSA) is 21.3 Å². The molecule has 0 aliphatic carbocycles. The van der Waals surface area contributed by atoms with Gasteiger partial charge in [-0.05, 0) is 41.3 Å². The Hall–Kier alpha value is -0.380. The molecule has 0 bridgehead atoms. The fourth-order valence-corrected chi connectivity index (χ4v) is 2.81. The Kier molecular flexibility index (Phi) is 6.03. The van der Waals surface area contributed by atoms with Gasteiger partial charge in [-0.25, -0.2) is 0 Å². The highest BCUT2D eigenvalue weighted by Gasteiger charge is 2.23. The molecule has 92 valence electrons. The van der Waals surface area contributed by atoms with Crippen LogP contribution in [-0.2, 0) is 11.2 Å². The lowest BCUT2D eigenvalue weighted by molar-refractivity contribution is 0.0337. The average Bonchev–Trinajstić information content (AvgIpc) is 2.71. The second-order valence-corrected chi connectivity index (χ2v) is 5.22. The third kappa shape index (κ3) is 3.89. The van der Waals surface area contributed by atoms with E-state index < -0.39 is 0 Å². The Morgan fingerprint density at radius 3 is 2.62 bits per heavy atom. The first-order valence-electron chi connectivity index (χ1n) is 5.96. The maximum Gasteiger partial charge on any atom is 0.0750 e. The van der Waals surface area contributed by atoms with Gasteiger partial charge in [0.25, 0.3) is 0 Å². The SMILES string of the molecule is CCNC(Cc1ccsc1)C(OC)C(C)C. The number of hydrogen-bond donors (Lipinski definition) is 1. The van der Waals surface area contributed by atoms with E-state index in [-0.39, 0.29) is 6.10 Å². The molecule has 0 aromatic carbocycles. The van der Waals surface area contributed by atoms with Crippen molar-refractivity contribution in [1.82, 2.24) is 5.32 Å². The van der Waals surface area contributed by atoms with Gasteiger partial charge in [-0.2, -0.15) is 11.3 Å². The summed E-state index contributed by atoms with van der Waals surface area (Å²) >= 11 is 1.76. The minimum atomic E-state index is 0.278. The minimum absolute atomic E-state index is 0.278. The molecule has 0 spiro atoms. The molecule has 2 nitrogen and oxygen atoms in total. The van der Waals surface area contributed by atoms with Crippen LogP contribution in [0.4, 0.5) is 0 Å². The molecule has 3 heteroatoms. The van der Waals surface area contributed by atoms with Gasteiger partial charge in [-0.15, -0.1) is 0 Å². The number of hydrogen-bond acceptors (Lipinski definition) is 3. The summed E-state index contributed by atoms with van der Waals surface area (Å²) < 4.78 is 5.62. The predicted octanol–water partition coefficient (Wildman–Crippen LogP) is 2.94. The Morgan fingerprint density at radius 2 is 2.19 bits per heavy atom. The molecule has 1 heterocycles. The zero-order valence-corrected chi connectivity index (χ0v) is 11.5. The number of rotatable bonds is 7. The Balaban J connectivity index is 2.65. The highest BCUT2D eigenvalue weighted by molar-refractivity contribution is 7.07. The molecule has 0 saturated carbocycles. The van der Waals surface area contributed by atoms with Crippen molar-refractivity contribution in [3.8, 4) is 0 Å². The standard InChI is InChI=1S/C13H23NOS/c1-5-14-12(13(15-4)10(2)3)8-11-6-7-16-9-11/h6-7,9-10,12-14H,5,8H2,1-4H3. The molecule has 0 amide bonds. The summed E-state index contributed by atoms with van der Waals surface area (Å²) in [6, 6.07) is 2.60. The first kappa shape index (κ1) is 13.7. The van der Waals surface area contributed by atoms with Gasteiger partial charge in [0.15, 0.2) is 0 Å². The molecule has 1 N–H and O–H groups in total. The zero-order chi connectivity index (χ0) is 12.0. The lowest BCUT2D eigenvalue weighted by Gasteiger charge is -2.29. The molecular formula is C13H23NOS. The molecule has 0 saturated heterocycles. The lowest BCUT2D eigenvalue weighted by Crippen LogP contribution is -2.45. The smallest absolute Gasteiger partial charge is 0.0750 e. The highest BCUT2D eigenvalue weighted by atomic mass is 32.1. The Morgan fingerprint density at radius 1 is 1.44 bits per heavy atom. The van der Waals surface area contributed by atoms with E-state index in [2.05, 4.69) is 42.9 Å². The van der Waals surface area contributed by atoms with E-state index >= 15 is 0 Å². The zero-order valence-electron chi connectivity index (χ0n) is 10.7. The molecule has 1 rings (SSSR count). The molecule has 2 unspecified atom stereocenters. The molecule has 16 heavy (non-hydrogen) atoms. The van der Waals surface area contributed by atoms with Crippen LogP contribution in [0.15, 0.2) is 16.8 Å². The van der Waals surface area contributed by atoms with Crippen LogP contribution in [0.5, 0.6) is 0 Å². The number of thiophene rings is 1. The van der Waals surface area contributed by atoms with Crippen molar-refractivity contribution in [3.05, 3.63) is 22.4 Å². The van der Waals surface area contributed by atoms with Crippen molar-refractivity contribution in [2.24, 2.45) is 5.92 Å². The Labute approximate surface area is 103 Å². The van der Waals surface area contributed by atoms with Crippen LogP contribution >= 0.6 is 11.3 Å². The minimum Gasteiger partial charge on any atom is -0.380 e. The molecule has 1 aromatic heterocycles. The summed E-state index contributed by atoms with van der Waals surface area (Å²) in [5, 5.41) is 7.89. The number of methoxy groups -OCH3 is 1. The number of ether oxygens (including phenoxy) is 1. The van der Waals surface area contributed by atoms with Gasteiger partial charge in [-0.1, -0.05) is 20.8 Å². The summed E-state index contributed by atoms with van der Waals surface area (Å²) in [6.07, 6.45) is 1.33. The molecule has 1 aromatic rings. The first-order chi connectivity index (χ1) is 7.69.